The first kappa shape index (κ1) is 26.7. The highest BCUT2D eigenvalue weighted by molar-refractivity contribution is 7.15. The van der Waals surface area contributed by atoms with Gasteiger partial charge >= 0.3 is 0 Å². The van der Waals surface area contributed by atoms with E-state index in [1.807, 2.05) is 17.4 Å². The average molecular weight is 568 g/mol. The number of nitrogens with one attached hydrogen (secondary N) is 1. The topological polar surface area (TPSA) is 70.4 Å². The quantitative estimate of drug-likeness (QED) is 0.211. The molecule has 1 saturated heterocycles. The van der Waals surface area contributed by atoms with E-state index in [0.29, 0.717) is 32.7 Å². The number of nitrogens with zero attached hydrogens (tertiary/aromatic N) is 3. The second-order valence-electron chi connectivity index (χ2n) is 9.16. The highest BCUT2D eigenvalue weighted by Gasteiger charge is 2.15. The van der Waals surface area contributed by atoms with Crippen molar-refractivity contribution in [1.82, 2.24) is 9.88 Å². The molecule has 0 spiro atoms. The van der Waals surface area contributed by atoms with Crippen LogP contribution in [0.2, 0.25) is 10.0 Å². The first-order chi connectivity index (χ1) is 18.6. The molecule has 38 heavy (non-hydrogen) atoms. The minimum atomic E-state index is 0.417. The zero-order valence-corrected chi connectivity index (χ0v) is 23.4. The lowest BCUT2D eigenvalue weighted by Gasteiger charge is -2.26. The predicted octanol–water partition coefficient (Wildman–Crippen LogP) is 7.55. The molecule has 3 heterocycles. The summed E-state index contributed by atoms with van der Waals surface area (Å²) in [5, 5.41) is 14.7. The number of unbranched alkanes of at least 4 members (excludes halogenated alkanes) is 1. The van der Waals surface area contributed by atoms with E-state index in [1.165, 1.54) is 22.6 Å². The van der Waals surface area contributed by atoms with Gasteiger partial charge in [-0.25, -0.2) is 0 Å². The fourth-order valence-electron chi connectivity index (χ4n) is 4.61. The summed E-state index contributed by atoms with van der Waals surface area (Å²) < 4.78 is 10.8. The van der Waals surface area contributed by atoms with Gasteiger partial charge in [-0.1, -0.05) is 35.3 Å². The molecule has 1 N–H and O–H groups in total. The summed E-state index contributed by atoms with van der Waals surface area (Å²) in [7, 11) is 1.55. The number of pyridine rings is 1. The van der Waals surface area contributed by atoms with E-state index >= 15 is 0 Å². The zero-order chi connectivity index (χ0) is 26.5. The van der Waals surface area contributed by atoms with Crippen LogP contribution in [0, 0.1) is 11.3 Å². The fraction of sp³-hybridized carbons (Fsp3) is 0.310. The number of rotatable bonds is 9. The van der Waals surface area contributed by atoms with E-state index in [2.05, 4.69) is 45.5 Å². The van der Waals surface area contributed by atoms with Gasteiger partial charge in [-0.05, 0) is 55.6 Å². The van der Waals surface area contributed by atoms with E-state index in [0.717, 1.165) is 55.7 Å². The van der Waals surface area contributed by atoms with Crippen molar-refractivity contribution in [2.45, 2.75) is 19.3 Å². The number of halogens is 2. The number of nitriles is 1. The molecule has 2 aromatic heterocycles. The van der Waals surface area contributed by atoms with Crippen molar-refractivity contribution in [2.24, 2.45) is 0 Å². The van der Waals surface area contributed by atoms with Gasteiger partial charge in [0.15, 0.2) is 0 Å². The van der Waals surface area contributed by atoms with Crippen LogP contribution in [0.15, 0.2) is 48.7 Å². The van der Waals surface area contributed by atoms with Gasteiger partial charge in [0.25, 0.3) is 0 Å². The molecule has 5 rings (SSSR count). The van der Waals surface area contributed by atoms with Crippen LogP contribution in [0.4, 0.5) is 11.4 Å². The monoisotopic (exact) mass is 566 g/mol. The molecule has 0 aliphatic carbocycles. The van der Waals surface area contributed by atoms with Crippen LogP contribution < -0.4 is 10.1 Å². The Morgan fingerprint density at radius 3 is 2.74 bits per heavy atom. The molecule has 0 radical (unpaired) electrons. The van der Waals surface area contributed by atoms with E-state index in [1.54, 1.807) is 25.4 Å². The molecule has 6 nitrogen and oxygen atoms in total. The van der Waals surface area contributed by atoms with Crippen molar-refractivity contribution in [1.29, 1.82) is 5.26 Å². The minimum Gasteiger partial charge on any atom is -0.495 e. The first-order valence-corrected chi connectivity index (χ1v) is 14.1. The normalized spacial score (nSPS) is 13.9. The Morgan fingerprint density at radius 2 is 1.95 bits per heavy atom. The Kier molecular flexibility index (Phi) is 8.68. The largest absolute Gasteiger partial charge is 0.495 e. The lowest BCUT2D eigenvalue weighted by Crippen LogP contribution is -2.36. The maximum absolute atomic E-state index is 9.75. The summed E-state index contributed by atoms with van der Waals surface area (Å²) >= 11 is 14.5. The summed E-state index contributed by atoms with van der Waals surface area (Å²) in [5.41, 5.74) is 3.56. The van der Waals surface area contributed by atoms with Crippen LogP contribution in [-0.2, 0) is 11.2 Å². The fourth-order valence-corrected chi connectivity index (χ4v) is 6.16. The molecule has 1 aliphatic rings. The molecule has 0 unspecified atom stereocenters. The van der Waals surface area contributed by atoms with Gasteiger partial charge in [0, 0.05) is 40.5 Å². The lowest BCUT2D eigenvalue weighted by molar-refractivity contribution is 0.0372. The van der Waals surface area contributed by atoms with Crippen LogP contribution in [0.1, 0.15) is 23.3 Å². The van der Waals surface area contributed by atoms with E-state index in [9.17, 15) is 5.26 Å². The zero-order valence-electron chi connectivity index (χ0n) is 21.1. The van der Waals surface area contributed by atoms with Gasteiger partial charge in [0.2, 0.25) is 0 Å². The number of aryl methyl sites for hydroxylation is 1. The maximum atomic E-state index is 9.75. The molecular formula is C29H28Cl2N4O2S. The Hall–Kier alpha value is -2.86. The smallest absolute Gasteiger partial charge is 0.139 e. The Morgan fingerprint density at radius 1 is 1.11 bits per heavy atom. The molecule has 9 heteroatoms. The van der Waals surface area contributed by atoms with E-state index in [-0.39, 0.29) is 0 Å². The summed E-state index contributed by atoms with van der Waals surface area (Å²) in [4.78, 5) is 9.66. The van der Waals surface area contributed by atoms with Crippen molar-refractivity contribution in [3.05, 3.63) is 69.1 Å². The highest BCUT2D eigenvalue weighted by Crippen LogP contribution is 2.39. The average Bonchev–Trinajstić information content (AvgIpc) is 3.42. The molecule has 2 aromatic carbocycles. The van der Waals surface area contributed by atoms with Crippen molar-refractivity contribution < 1.29 is 9.47 Å². The molecule has 0 atom stereocenters. The molecule has 0 saturated carbocycles. The SMILES string of the molecule is COc1cc(Nc2c(C#N)cnc3cc(-c4ccc(CCCCN5CCOCC5)s4)ccc23)c(Cl)cc1Cl. The third-order valence-electron chi connectivity index (χ3n) is 6.69. The molecule has 1 aliphatic heterocycles. The molecule has 4 aromatic rings. The number of morpholine rings is 1. The van der Waals surface area contributed by atoms with Gasteiger partial charge < -0.3 is 14.8 Å². The second-order valence-corrected chi connectivity index (χ2v) is 11.1. The molecule has 0 bridgehead atoms. The number of hydrogen-bond donors (Lipinski definition) is 1. The Labute approximate surface area is 236 Å². The number of thiophene rings is 1. The van der Waals surface area contributed by atoms with Gasteiger partial charge in [0.1, 0.15) is 11.8 Å². The molecule has 1 fully saturated rings. The number of fused-ring (bicyclic) bond motifs is 1. The number of aromatic nitrogens is 1. The molecule has 196 valence electrons. The minimum absolute atomic E-state index is 0.417. The summed E-state index contributed by atoms with van der Waals surface area (Å²) in [5.74, 6) is 0.493. The van der Waals surface area contributed by atoms with Crippen molar-refractivity contribution in [2.75, 3.05) is 45.3 Å². The molecule has 0 amide bonds. The summed E-state index contributed by atoms with van der Waals surface area (Å²) in [6.07, 6.45) is 5.06. The van der Waals surface area contributed by atoms with E-state index in [4.69, 9.17) is 32.7 Å². The van der Waals surface area contributed by atoms with E-state index < -0.39 is 0 Å². The van der Waals surface area contributed by atoms with Gasteiger partial charge in [-0.3, -0.25) is 9.88 Å². The second kappa shape index (κ2) is 12.3. The Bertz CT molecular complexity index is 1480. The van der Waals surface area contributed by atoms with Crippen LogP contribution in [0.25, 0.3) is 21.3 Å². The number of ether oxygens (including phenoxy) is 2. The number of benzene rings is 2. The van der Waals surface area contributed by atoms with Crippen LogP contribution >= 0.6 is 34.5 Å². The van der Waals surface area contributed by atoms with Crippen molar-refractivity contribution >= 4 is 56.8 Å². The van der Waals surface area contributed by atoms with Gasteiger partial charge in [-0.15, -0.1) is 11.3 Å². The van der Waals surface area contributed by atoms with Crippen molar-refractivity contribution in [3.63, 3.8) is 0 Å². The highest BCUT2D eigenvalue weighted by atomic mass is 35.5. The summed E-state index contributed by atoms with van der Waals surface area (Å²) in [6, 6.07) is 16.1. The standard InChI is InChI=1S/C29H28Cl2N4O2S/c1-36-27-16-26(23(30)15-24(27)31)34-29-20(17-32)18-33-25-14-19(5-7-22(25)29)28-8-6-21(38-28)4-2-3-9-35-10-12-37-13-11-35/h5-8,14-16,18H,2-4,9-13H2,1H3,(H,33,34). The number of anilines is 2. The van der Waals surface area contributed by atoms with Crippen molar-refractivity contribution in [3.8, 4) is 22.3 Å². The van der Waals surface area contributed by atoms with Crippen LogP contribution in [0.3, 0.4) is 0 Å². The third-order valence-corrected chi connectivity index (χ3v) is 8.49. The third kappa shape index (κ3) is 6.06. The van der Waals surface area contributed by atoms with Crippen LogP contribution in [0.5, 0.6) is 5.75 Å². The van der Waals surface area contributed by atoms with Crippen LogP contribution in [-0.4, -0.2) is 49.8 Å². The van der Waals surface area contributed by atoms with Gasteiger partial charge in [-0.2, -0.15) is 5.26 Å². The predicted molar refractivity (Wildman–Crippen MR) is 156 cm³/mol. The number of methoxy groups -OCH3 is 1. The Balaban J connectivity index is 1.33. The number of hydrogen-bond acceptors (Lipinski definition) is 7. The maximum Gasteiger partial charge on any atom is 0.139 e. The molecular weight excluding hydrogens is 539 g/mol. The first-order valence-electron chi connectivity index (χ1n) is 12.6. The lowest BCUT2D eigenvalue weighted by atomic mass is 10.1. The van der Waals surface area contributed by atoms with Gasteiger partial charge in [0.05, 0.1) is 52.8 Å². The summed E-state index contributed by atoms with van der Waals surface area (Å²) in [6.45, 7) is 4.95.